The Labute approximate surface area is 721 Å². The number of aliphatic carboxylic acids is 4. The number of rotatable bonds is 25. The van der Waals surface area contributed by atoms with Crippen LogP contribution in [0.5, 0.6) is 0 Å². The first kappa shape index (κ1) is 104. The first-order valence-corrected chi connectivity index (χ1v) is 30.5. The summed E-state index contributed by atoms with van der Waals surface area (Å²) in [7, 11) is -18.2. The number of carbonyl (C=O) groups excluding carboxylic acids is 4. The molecule has 7 heterocycles. The SMILES string of the molecule is O=C([O-])[C@H]1O[C@@H](O[C@H]2[C@H](O)[C@@H](O[C@@H]3[C@@H](O)[C@H](O)[C@@H](O[C@@H]4[C@@H](O)[C@H](O[C@H]5[C@H](O)[C@@H](O)[C@H](O[C@H]6[C@H](O)[C@@H](O[C@@H]7[C@@H](O)[C@H](O)[C@@H](O)O[C@H]7C(=O)[O-])O[C@@H](CO)[C@H]6OS(=O)(=O)[O-])O[C@@H]5C(=O)[O-])O[C@H](CO)[C@@H]4OS(=O)(=O)[O-])O[C@H]3C(=O)[O-])O[C@@H](CO)[C@H]2OS(=O)(=O)[O-])[C@H](O)[C@@H](O)[C@@H]1O.[Na+].[Na+].[Na+].[Na+].[Na+].[Na+].[Na+]. The van der Waals surface area contributed by atoms with E-state index in [4.69, 9.17) is 56.8 Å². The minimum atomic E-state index is -6.15. The molecule has 0 radical (unpaired) electrons. The number of carbonyl (C=O) groups is 4. The molecule has 7 fully saturated rings. The molecule has 7 aliphatic heterocycles. The number of hydrogen-bond donors (Lipinski definition) is 16. The second-order valence-electron chi connectivity index (χ2n) is 21.1. The van der Waals surface area contributed by atoms with Crippen LogP contribution in [0.25, 0.3) is 0 Å². The molecule has 0 spiro atoms. The summed E-state index contributed by atoms with van der Waals surface area (Å²) < 4.78 is 188. The molecule has 0 saturated carbocycles. The molecule has 0 bridgehead atoms. The Morgan fingerprint density at radius 1 is 0.277 bits per heavy atom. The zero-order valence-corrected chi connectivity index (χ0v) is 69.6. The normalized spacial score (nSPS) is 43.5. The molecular formula is C42H57Na7O49S3. The van der Waals surface area contributed by atoms with Gasteiger partial charge in [0.2, 0.25) is 31.2 Å². The van der Waals surface area contributed by atoms with E-state index in [1.807, 2.05) is 0 Å². The van der Waals surface area contributed by atoms with Crippen LogP contribution in [0.2, 0.25) is 0 Å². The van der Waals surface area contributed by atoms with Crippen LogP contribution < -0.4 is 227 Å². The van der Waals surface area contributed by atoms with Crippen molar-refractivity contribution in [2.75, 3.05) is 19.8 Å². The Morgan fingerprint density at radius 3 is 0.743 bits per heavy atom. The molecule has 16 N–H and O–H groups in total. The Hall–Kier alpha value is 3.33. The van der Waals surface area contributed by atoms with E-state index in [1.54, 1.807) is 0 Å². The maximum atomic E-state index is 12.8. The minimum Gasteiger partial charge on any atom is -0.726 e. The van der Waals surface area contributed by atoms with Gasteiger partial charge in [-0.15, -0.1) is 0 Å². The van der Waals surface area contributed by atoms with Gasteiger partial charge in [-0.1, -0.05) is 0 Å². The molecule has 7 aliphatic rings. The van der Waals surface area contributed by atoms with Crippen molar-refractivity contribution in [3.05, 3.63) is 0 Å². The predicted octanol–water partition coefficient (Wildman–Crippen LogP) is -43.8. The molecule has 101 heavy (non-hydrogen) atoms. The summed E-state index contributed by atoms with van der Waals surface area (Å²) in [6, 6.07) is 0. The summed E-state index contributed by atoms with van der Waals surface area (Å²) in [6.07, 6.45) is -94.5. The van der Waals surface area contributed by atoms with Gasteiger partial charge in [0.1, 0.15) is 171 Å². The second kappa shape index (κ2) is 43.7. The predicted molar refractivity (Wildman–Crippen MR) is 249 cm³/mol. The quantitative estimate of drug-likeness (QED) is 0.0229. The van der Waals surface area contributed by atoms with E-state index in [2.05, 4.69) is 17.3 Å². The third-order valence-corrected chi connectivity index (χ3v) is 16.3. The molecule has 7 rings (SSSR count). The summed E-state index contributed by atoms with van der Waals surface area (Å²) in [5.74, 6) is -9.65. The molecule has 0 aliphatic carbocycles. The molecule has 0 aromatic heterocycles. The van der Waals surface area contributed by atoms with Gasteiger partial charge < -0.3 is 197 Å². The largest absolute Gasteiger partial charge is 1.00 e. The van der Waals surface area contributed by atoms with E-state index in [9.17, 15) is 160 Å². The van der Waals surface area contributed by atoms with Gasteiger partial charge in [-0.05, 0) is 0 Å². The zero-order chi connectivity index (χ0) is 70.5. The zero-order valence-electron chi connectivity index (χ0n) is 53.2. The van der Waals surface area contributed by atoms with Crippen molar-refractivity contribution < 1.29 is 441 Å². The molecule has 0 aromatic rings. The van der Waals surface area contributed by atoms with Crippen molar-refractivity contribution in [2.45, 2.75) is 215 Å². The van der Waals surface area contributed by atoms with Gasteiger partial charge in [0, 0.05) is 0 Å². The first-order valence-electron chi connectivity index (χ1n) is 26.5. The van der Waals surface area contributed by atoms with E-state index >= 15 is 0 Å². The van der Waals surface area contributed by atoms with E-state index in [0.717, 1.165) is 0 Å². The summed E-state index contributed by atoms with van der Waals surface area (Å²) in [5.41, 5.74) is 0. The van der Waals surface area contributed by atoms with E-state index in [1.165, 1.54) is 0 Å². The average molecular weight is 1600 g/mol. The number of carboxylic acids is 4. The van der Waals surface area contributed by atoms with Crippen molar-refractivity contribution in [3.63, 3.8) is 0 Å². The third kappa shape index (κ3) is 25.4. The fourth-order valence-electron chi connectivity index (χ4n) is 10.5. The van der Waals surface area contributed by atoms with Crippen LogP contribution in [0.3, 0.4) is 0 Å². The Bertz CT molecular complexity index is 2980. The molecule has 59 heteroatoms. The van der Waals surface area contributed by atoms with Crippen LogP contribution >= 0.6 is 0 Å². The third-order valence-electron chi connectivity index (χ3n) is 15.0. The van der Waals surface area contributed by atoms with Crippen molar-refractivity contribution in [2.24, 2.45) is 0 Å². The van der Waals surface area contributed by atoms with Crippen LogP contribution in [0, 0.1) is 0 Å². The average Bonchev–Trinajstić information content (AvgIpc) is 0.769. The Kier molecular flexibility index (Phi) is 45.2. The molecule has 35 atom stereocenters. The fourth-order valence-corrected chi connectivity index (χ4v) is 12.1. The van der Waals surface area contributed by atoms with Gasteiger partial charge in [-0.25, -0.2) is 25.3 Å². The van der Waals surface area contributed by atoms with E-state index in [0.29, 0.717) is 0 Å². The van der Waals surface area contributed by atoms with Crippen LogP contribution in [0.4, 0.5) is 0 Å². The number of aliphatic hydroxyl groups excluding tert-OH is 16. The van der Waals surface area contributed by atoms with Crippen molar-refractivity contribution >= 4 is 55.1 Å². The molecule has 0 amide bonds. The number of ether oxygens (including phenoxy) is 13. The molecular weight excluding hydrogens is 1550 g/mol. The van der Waals surface area contributed by atoms with Crippen LogP contribution in [0.1, 0.15) is 0 Å². The number of carboxylic acid groups (broad SMARTS) is 4. The summed E-state index contributed by atoms with van der Waals surface area (Å²) in [4.78, 5) is 49.0. The maximum Gasteiger partial charge on any atom is 1.00 e. The van der Waals surface area contributed by atoms with Gasteiger partial charge in [0.05, 0.1) is 43.7 Å². The van der Waals surface area contributed by atoms with E-state index < -0.39 is 290 Å². The molecule has 544 valence electrons. The number of hydrogen-bond acceptors (Lipinski definition) is 49. The number of aliphatic hydroxyl groups is 16. The fraction of sp³-hybridized carbons (Fsp3) is 0.905. The van der Waals surface area contributed by atoms with Gasteiger partial charge >= 0.3 is 207 Å². The first-order chi connectivity index (χ1) is 43.5. The van der Waals surface area contributed by atoms with Crippen molar-refractivity contribution in [1.29, 1.82) is 0 Å². The topological polar surface area (TPSA) is 803 Å². The molecule has 7 saturated heterocycles. The van der Waals surface area contributed by atoms with Gasteiger partial charge in [0.15, 0.2) is 44.0 Å². The summed E-state index contributed by atoms with van der Waals surface area (Å²) in [6.45, 7) is -4.63. The minimum absolute atomic E-state index is 0. The summed E-state index contributed by atoms with van der Waals surface area (Å²) >= 11 is 0. The molecule has 49 nitrogen and oxygen atoms in total. The van der Waals surface area contributed by atoms with Gasteiger partial charge in [-0.3, -0.25) is 12.5 Å². The molecule has 0 unspecified atom stereocenters. The second-order valence-corrected chi connectivity index (χ2v) is 24.1. The molecule has 0 aromatic carbocycles. The standard InChI is InChI=1S/C42H64O49S3.7Na/c43-1-4-19(89-92(67,68)69)25(83-37-13(52)7(46)8(47)28(86-37)32(58)59)16(55)41(77-4)81-23-10(49)15(54)39(88-30(23)34(62)63)85-27-18(57)42(78-6(3-45)21(27)91-94(73,74)75)82-24-11(50)14(53)38(87-31(24)35(64)65)84-26-17(56)40(76-5(2-44)20(26)90-93(70,71)72)80-22-9(48)12(51)36(66)79-29(22)33(60)61;;;;;;;/h4-31,36-57,66H,1-3H2,(H,58,59)(H,60,61)(H,62,63)(H,64,65)(H,67,68,69)(H,70,71,72)(H,73,74,75);;;;;;;/q;7*+1/p-7/t4-,5-,6+,7-,8-,9-,10-,11+,12-,13+,14+,15-,16-,17-,18+,19+,20+,21-,22+,23+,24-,25-,26-,27+,28-,29+,30+,31-,36-,37+,38+,39-,40+,41+,42-;;;;;;;/m0......./s1. The summed E-state index contributed by atoms with van der Waals surface area (Å²) in [5, 5.41) is 221. The van der Waals surface area contributed by atoms with E-state index in [-0.39, 0.29) is 207 Å². The Balaban J connectivity index is 0.0000143. The van der Waals surface area contributed by atoms with Gasteiger partial charge in [0.25, 0.3) is 0 Å². The monoisotopic (exact) mass is 1600 g/mol. The maximum absolute atomic E-state index is 12.8. The van der Waals surface area contributed by atoms with Crippen LogP contribution in [-0.2, 0) is 125 Å². The van der Waals surface area contributed by atoms with Crippen LogP contribution in [-0.4, -0.2) is 379 Å². The van der Waals surface area contributed by atoms with Gasteiger partial charge in [-0.2, -0.15) is 0 Å². The van der Waals surface area contributed by atoms with Crippen molar-refractivity contribution in [1.82, 2.24) is 0 Å². The Morgan fingerprint density at radius 2 is 0.495 bits per heavy atom. The van der Waals surface area contributed by atoms with Crippen LogP contribution in [0.15, 0.2) is 0 Å². The smallest absolute Gasteiger partial charge is 0.726 e. The van der Waals surface area contributed by atoms with Crippen molar-refractivity contribution in [3.8, 4) is 0 Å².